The summed E-state index contributed by atoms with van der Waals surface area (Å²) in [5, 5.41) is 4.31. The van der Waals surface area contributed by atoms with Gasteiger partial charge >= 0.3 is 0 Å². The Morgan fingerprint density at radius 2 is 1.83 bits per heavy atom. The Morgan fingerprint density at radius 3 is 2.53 bits per heavy atom. The molecule has 0 aliphatic carbocycles. The highest BCUT2D eigenvalue weighted by molar-refractivity contribution is 5.85. The number of benzene rings is 2. The predicted octanol–water partition coefficient (Wildman–Crippen LogP) is 3.16. The lowest BCUT2D eigenvalue weighted by Crippen LogP contribution is -2.47. The van der Waals surface area contributed by atoms with Gasteiger partial charge in [0.15, 0.2) is 0 Å². The molecule has 30 heavy (non-hydrogen) atoms. The minimum atomic E-state index is -0.914. The Morgan fingerprint density at radius 1 is 1.10 bits per heavy atom. The van der Waals surface area contributed by atoms with Gasteiger partial charge in [-0.25, -0.2) is 0 Å². The third-order valence-corrected chi connectivity index (χ3v) is 5.12. The molecule has 6 nitrogen and oxygen atoms in total. The molecule has 0 saturated carbocycles. The number of likely N-dealkylation sites (N-methyl/N-ethyl adjacent to an activating group) is 1. The van der Waals surface area contributed by atoms with E-state index in [1.54, 1.807) is 24.7 Å². The molecule has 1 amide bonds. The first-order valence-corrected chi connectivity index (χ1v) is 10.1. The lowest BCUT2D eigenvalue weighted by molar-refractivity contribution is -0.143. The molecule has 0 fully saturated rings. The van der Waals surface area contributed by atoms with Crippen LogP contribution in [0, 0.1) is 0 Å². The second-order valence-corrected chi connectivity index (χ2v) is 7.31. The van der Waals surface area contributed by atoms with Crippen LogP contribution in [-0.2, 0) is 22.5 Å². The molecule has 158 valence electrons. The molecule has 1 atom stereocenters. The molecular formula is C24H28N2O4. The average Bonchev–Trinajstić information content (AvgIpc) is 2.76. The molecule has 0 aliphatic rings. The van der Waals surface area contributed by atoms with E-state index in [1.165, 1.54) is 0 Å². The van der Waals surface area contributed by atoms with Crippen molar-refractivity contribution < 1.29 is 14.3 Å². The van der Waals surface area contributed by atoms with Crippen molar-refractivity contribution in [2.45, 2.75) is 32.4 Å². The highest BCUT2D eigenvalue weighted by Gasteiger charge is 2.33. The van der Waals surface area contributed by atoms with E-state index in [2.05, 4.69) is 5.32 Å². The number of aromatic nitrogens is 1. The van der Waals surface area contributed by atoms with Crippen molar-refractivity contribution in [2.75, 3.05) is 20.3 Å². The van der Waals surface area contributed by atoms with Gasteiger partial charge in [-0.2, -0.15) is 0 Å². The summed E-state index contributed by atoms with van der Waals surface area (Å²) in [4.78, 5) is 24.7. The predicted molar refractivity (Wildman–Crippen MR) is 118 cm³/mol. The van der Waals surface area contributed by atoms with Crippen LogP contribution in [0.25, 0.3) is 10.8 Å². The van der Waals surface area contributed by atoms with E-state index in [-0.39, 0.29) is 11.5 Å². The van der Waals surface area contributed by atoms with Crippen LogP contribution in [0.3, 0.4) is 0 Å². The molecule has 3 rings (SSSR count). The number of hydrogen-bond donors (Lipinski definition) is 1. The topological polar surface area (TPSA) is 69.6 Å². The van der Waals surface area contributed by atoms with Crippen LogP contribution in [0.5, 0.6) is 5.75 Å². The lowest BCUT2D eigenvalue weighted by atomic mass is 9.95. The van der Waals surface area contributed by atoms with Crippen molar-refractivity contribution in [3.8, 4) is 5.75 Å². The van der Waals surface area contributed by atoms with Crippen molar-refractivity contribution in [2.24, 2.45) is 0 Å². The van der Waals surface area contributed by atoms with Gasteiger partial charge in [0.2, 0.25) is 0 Å². The van der Waals surface area contributed by atoms with E-state index in [9.17, 15) is 9.59 Å². The van der Waals surface area contributed by atoms with Crippen molar-refractivity contribution in [3.63, 3.8) is 0 Å². The number of pyridine rings is 1. The summed E-state index contributed by atoms with van der Waals surface area (Å²) >= 11 is 0. The number of ether oxygens (including phenoxy) is 2. The first-order chi connectivity index (χ1) is 14.5. The van der Waals surface area contributed by atoms with Crippen LogP contribution >= 0.6 is 0 Å². The fourth-order valence-electron chi connectivity index (χ4n) is 3.54. The van der Waals surface area contributed by atoms with Gasteiger partial charge in [-0.15, -0.1) is 0 Å². The number of fused-ring (bicyclic) bond motifs is 1. The maximum atomic E-state index is 12.5. The summed E-state index contributed by atoms with van der Waals surface area (Å²) in [5.41, 5.74) is 0.0486. The summed E-state index contributed by atoms with van der Waals surface area (Å²) in [5.74, 6) is 0.566. The Hall–Kier alpha value is -3.12. The number of nitrogens with zero attached hydrogens (tertiary/aromatic N) is 1. The van der Waals surface area contributed by atoms with Gasteiger partial charge in [-0.05, 0) is 49.1 Å². The Labute approximate surface area is 176 Å². The molecule has 0 bridgehead atoms. The number of rotatable bonds is 9. The SMILES string of the molecule is CCOC(C)(Cc1ccc(OCCn2ccc3ccccc3c2=O)cc1)C(=O)NC. The monoisotopic (exact) mass is 408 g/mol. The Kier molecular flexibility index (Phi) is 6.90. The summed E-state index contributed by atoms with van der Waals surface area (Å²) in [6.45, 7) is 4.97. The average molecular weight is 408 g/mol. The molecule has 1 N–H and O–H groups in total. The number of amides is 1. The molecule has 0 spiro atoms. The maximum absolute atomic E-state index is 12.5. The molecule has 0 radical (unpaired) electrons. The lowest BCUT2D eigenvalue weighted by Gasteiger charge is -2.27. The molecule has 6 heteroatoms. The van der Waals surface area contributed by atoms with Crippen LogP contribution in [0.1, 0.15) is 19.4 Å². The maximum Gasteiger partial charge on any atom is 0.258 e. The summed E-state index contributed by atoms with van der Waals surface area (Å²) in [7, 11) is 1.61. The Balaban J connectivity index is 1.60. The zero-order valence-electron chi connectivity index (χ0n) is 17.7. The van der Waals surface area contributed by atoms with Crippen molar-refractivity contribution in [3.05, 3.63) is 76.7 Å². The minimum absolute atomic E-state index is 0.0172. The summed E-state index contributed by atoms with van der Waals surface area (Å²) in [6, 6.07) is 17.1. The molecular weight excluding hydrogens is 380 g/mol. The highest BCUT2D eigenvalue weighted by atomic mass is 16.5. The van der Waals surface area contributed by atoms with E-state index in [0.717, 1.165) is 10.9 Å². The van der Waals surface area contributed by atoms with E-state index < -0.39 is 5.60 Å². The molecule has 0 aliphatic heterocycles. The van der Waals surface area contributed by atoms with Crippen LogP contribution in [0.2, 0.25) is 0 Å². The quantitative estimate of drug-likeness (QED) is 0.591. The van der Waals surface area contributed by atoms with Crippen molar-refractivity contribution in [1.29, 1.82) is 0 Å². The standard InChI is InChI=1S/C24H28N2O4/c1-4-30-24(2,23(28)25-3)17-18-9-11-20(12-10-18)29-16-15-26-14-13-19-7-5-6-8-21(19)22(26)27/h5-14H,4,15-17H2,1-3H3,(H,25,28). The molecule has 3 aromatic rings. The first-order valence-electron chi connectivity index (χ1n) is 10.1. The van der Waals surface area contributed by atoms with Gasteiger partial charge in [0, 0.05) is 31.7 Å². The largest absolute Gasteiger partial charge is 0.492 e. The normalized spacial score (nSPS) is 13.0. The van der Waals surface area contributed by atoms with E-state index in [0.29, 0.717) is 37.3 Å². The fraction of sp³-hybridized carbons (Fsp3) is 0.333. The van der Waals surface area contributed by atoms with Gasteiger partial charge in [0.05, 0.1) is 6.54 Å². The number of hydrogen-bond acceptors (Lipinski definition) is 4. The first kappa shape index (κ1) is 21.6. The van der Waals surface area contributed by atoms with Gasteiger partial charge in [0.1, 0.15) is 18.0 Å². The van der Waals surface area contributed by atoms with Crippen molar-refractivity contribution in [1.82, 2.24) is 9.88 Å². The fourth-order valence-corrected chi connectivity index (χ4v) is 3.54. The second-order valence-electron chi connectivity index (χ2n) is 7.31. The minimum Gasteiger partial charge on any atom is -0.492 e. The smallest absolute Gasteiger partial charge is 0.258 e. The summed E-state index contributed by atoms with van der Waals surface area (Å²) in [6.07, 6.45) is 2.26. The van der Waals surface area contributed by atoms with E-state index >= 15 is 0 Å². The number of carbonyl (C=O) groups excluding carboxylic acids is 1. The molecule has 1 aromatic heterocycles. The third kappa shape index (κ3) is 4.89. The van der Waals surface area contributed by atoms with Crippen LogP contribution in [-0.4, -0.2) is 36.3 Å². The molecule has 0 saturated heterocycles. The molecule has 1 unspecified atom stereocenters. The zero-order valence-corrected chi connectivity index (χ0v) is 17.7. The third-order valence-electron chi connectivity index (χ3n) is 5.12. The zero-order chi connectivity index (χ0) is 21.6. The van der Waals surface area contributed by atoms with Gasteiger partial charge in [-0.1, -0.05) is 30.3 Å². The number of nitrogens with one attached hydrogen (secondary N) is 1. The van der Waals surface area contributed by atoms with Crippen LogP contribution in [0.4, 0.5) is 0 Å². The molecule has 2 aromatic carbocycles. The van der Waals surface area contributed by atoms with Gasteiger partial charge in [-0.3, -0.25) is 9.59 Å². The van der Waals surface area contributed by atoms with Gasteiger partial charge in [0.25, 0.3) is 11.5 Å². The molecule has 1 heterocycles. The van der Waals surface area contributed by atoms with E-state index in [4.69, 9.17) is 9.47 Å². The number of carbonyl (C=O) groups is 1. The highest BCUT2D eigenvalue weighted by Crippen LogP contribution is 2.21. The van der Waals surface area contributed by atoms with Gasteiger partial charge < -0.3 is 19.4 Å². The Bertz CT molecular complexity index is 1060. The van der Waals surface area contributed by atoms with E-state index in [1.807, 2.05) is 61.5 Å². The second kappa shape index (κ2) is 9.59. The van der Waals surface area contributed by atoms with Crippen LogP contribution in [0.15, 0.2) is 65.6 Å². The van der Waals surface area contributed by atoms with Crippen molar-refractivity contribution >= 4 is 16.7 Å². The summed E-state index contributed by atoms with van der Waals surface area (Å²) < 4.78 is 13.2. The van der Waals surface area contributed by atoms with Crippen LogP contribution < -0.4 is 15.6 Å².